The van der Waals surface area contributed by atoms with E-state index in [1.807, 2.05) is 13.8 Å². The molecule has 0 bridgehead atoms. The molecule has 0 aliphatic heterocycles. The fourth-order valence-electron chi connectivity index (χ4n) is 2.06. The maximum atomic E-state index is 11.6. The standard InChI is InChI=1S/C18H17ClO4/c1-11(2)23-17-8-5-14(19)9-13(17)10-16(18(21)22)12-3-6-15(20)7-4-12/h3-11,20H,1-2H3,(H,21,22)/b16-10-. The van der Waals surface area contributed by atoms with Crippen molar-refractivity contribution in [1.82, 2.24) is 0 Å². The minimum Gasteiger partial charge on any atom is -0.508 e. The molecular weight excluding hydrogens is 316 g/mol. The maximum absolute atomic E-state index is 11.6. The summed E-state index contributed by atoms with van der Waals surface area (Å²) in [4.78, 5) is 11.6. The summed E-state index contributed by atoms with van der Waals surface area (Å²) in [5.41, 5.74) is 1.14. The normalized spacial score (nSPS) is 11.6. The Morgan fingerprint density at radius 2 is 1.83 bits per heavy atom. The lowest BCUT2D eigenvalue weighted by molar-refractivity contribution is -0.130. The summed E-state index contributed by atoms with van der Waals surface area (Å²) in [5, 5.41) is 19.3. The Bertz CT molecular complexity index is 733. The Kier molecular flexibility index (Phi) is 5.29. The molecule has 0 saturated carbocycles. The molecule has 2 aromatic carbocycles. The summed E-state index contributed by atoms with van der Waals surface area (Å²) in [6.45, 7) is 3.78. The minimum atomic E-state index is -1.08. The molecule has 0 fully saturated rings. The number of benzene rings is 2. The second-order valence-electron chi connectivity index (χ2n) is 5.26. The highest BCUT2D eigenvalue weighted by atomic mass is 35.5. The minimum absolute atomic E-state index is 0.0507. The fraction of sp³-hybridized carbons (Fsp3) is 0.167. The van der Waals surface area contributed by atoms with Gasteiger partial charge in [0.25, 0.3) is 0 Å². The van der Waals surface area contributed by atoms with Crippen LogP contribution in [0.1, 0.15) is 25.0 Å². The number of aromatic hydroxyl groups is 1. The van der Waals surface area contributed by atoms with E-state index in [0.29, 0.717) is 21.9 Å². The maximum Gasteiger partial charge on any atom is 0.336 e. The summed E-state index contributed by atoms with van der Waals surface area (Å²) >= 11 is 6.02. The second kappa shape index (κ2) is 7.20. The molecule has 4 nitrogen and oxygen atoms in total. The number of aliphatic carboxylic acids is 1. The van der Waals surface area contributed by atoms with Gasteiger partial charge >= 0.3 is 5.97 Å². The van der Waals surface area contributed by atoms with E-state index in [1.165, 1.54) is 18.2 Å². The molecule has 5 heteroatoms. The van der Waals surface area contributed by atoms with Gasteiger partial charge in [0.2, 0.25) is 0 Å². The summed E-state index contributed by atoms with van der Waals surface area (Å²) in [7, 11) is 0. The van der Waals surface area contributed by atoms with Crippen LogP contribution in [0, 0.1) is 0 Å². The van der Waals surface area contributed by atoms with Crippen molar-refractivity contribution >= 4 is 29.2 Å². The van der Waals surface area contributed by atoms with Gasteiger partial charge in [-0.15, -0.1) is 0 Å². The number of ether oxygens (including phenoxy) is 1. The van der Waals surface area contributed by atoms with Gasteiger partial charge in [0, 0.05) is 10.6 Å². The lowest BCUT2D eigenvalue weighted by atomic mass is 10.0. The van der Waals surface area contributed by atoms with Crippen molar-refractivity contribution in [2.45, 2.75) is 20.0 Å². The molecular formula is C18H17ClO4. The number of carboxylic acids is 1. The van der Waals surface area contributed by atoms with Crippen LogP contribution in [0.4, 0.5) is 0 Å². The van der Waals surface area contributed by atoms with Gasteiger partial charge in [-0.1, -0.05) is 23.7 Å². The van der Waals surface area contributed by atoms with Gasteiger partial charge in [-0.25, -0.2) is 4.79 Å². The van der Waals surface area contributed by atoms with Crippen LogP contribution in [0.2, 0.25) is 5.02 Å². The summed E-state index contributed by atoms with van der Waals surface area (Å²) in [6.07, 6.45) is 1.46. The highest BCUT2D eigenvalue weighted by Crippen LogP contribution is 2.29. The van der Waals surface area contributed by atoms with Crippen LogP contribution in [-0.2, 0) is 4.79 Å². The number of phenolic OH excluding ortho intramolecular Hbond substituents is 1. The van der Waals surface area contributed by atoms with Crippen molar-refractivity contribution in [2.24, 2.45) is 0 Å². The van der Waals surface area contributed by atoms with E-state index in [4.69, 9.17) is 16.3 Å². The number of rotatable bonds is 5. The molecule has 0 amide bonds. The summed E-state index contributed by atoms with van der Waals surface area (Å²) in [5.74, 6) is -0.446. The molecule has 120 valence electrons. The highest BCUT2D eigenvalue weighted by Gasteiger charge is 2.13. The summed E-state index contributed by atoms with van der Waals surface area (Å²) < 4.78 is 5.70. The molecule has 2 N–H and O–H groups in total. The Morgan fingerprint density at radius 1 is 1.17 bits per heavy atom. The first kappa shape index (κ1) is 16.9. The second-order valence-corrected chi connectivity index (χ2v) is 5.70. The monoisotopic (exact) mass is 332 g/mol. The van der Waals surface area contributed by atoms with E-state index in [-0.39, 0.29) is 17.4 Å². The molecule has 0 saturated heterocycles. The molecule has 2 aromatic rings. The van der Waals surface area contributed by atoms with Gasteiger partial charge in [0.1, 0.15) is 11.5 Å². The molecule has 0 unspecified atom stereocenters. The molecule has 0 heterocycles. The van der Waals surface area contributed by atoms with Crippen molar-refractivity contribution in [3.63, 3.8) is 0 Å². The third-order valence-corrected chi connectivity index (χ3v) is 3.28. The SMILES string of the molecule is CC(C)Oc1ccc(Cl)cc1/C=C(\C(=O)O)c1ccc(O)cc1. The van der Waals surface area contributed by atoms with E-state index < -0.39 is 5.97 Å². The van der Waals surface area contributed by atoms with Crippen LogP contribution in [0.3, 0.4) is 0 Å². The number of hydrogen-bond donors (Lipinski definition) is 2. The molecule has 0 spiro atoms. The van der Waals surface area contributed by atoms with Crippen LogP contribution >= 0.6 is 11.6 Å². The smallest absolute Gasteiger partial charge is 0.336 e. The number of carbonyl (C=O) groups is 1. The Balaban J connectivity index is 2.53. The van der Waals surface area contributed by atoms with Crippen LogP contribution < -0.4 is 4.74 Å². The number of hydrogen-bond acceptors (Lipinski definition) is 3. The topological polar surface area (TPSA) is 66.8 Å². The van der Waals surface area contributed by atoms with Gasteiger partial charge in [0.05, 0.1) is 11.7 Å². The predicted molar refractivity (Wildman–Crippen MR) is 90.8 cm³/mol. The first-order chi connectivity index (χ1) is 10.9. The van der Waals surface area contributed by atoms with Gasteiger partial charge in [-0.05, 0) is 55.8 Å². The van der Waals surface area contributed by atoms with E-state index in [9.17, 15) is 15.0 Å². The molecule has 0 atom stereocenters. The number of carboxylic acid groups (broad SMARTS) is 1. The van der Waals surface area contributed by atoms with Gasteiger partial charge in [0.15, 0.2) is 0 Å². The zero-order valence-corrected chi connectivity index (χ0v) is 13.5. The third-order valence-electron chi connectivity index (χ3n) is 3.04. The molecule has 0 aliphatic rings. The number of phenols is 1. The predicted octanol–water partition coefficient (Wildman–Crippen LogP) is 4.46. The van der Waals surface area contributed by atoms with Crippen LogP contribution in [-0.4, -0.2) is 22.3 Å². The largest absolute Gasteiger partial charge is 0.508 e. The van der Waals surface area contributed by atoms with Crippen molar-refractivity contribution in [2.75, 3.05) is 0 Å². The van der Waals surface area contributed by atoms with E-state index >= 15 is 0 Å². The zero-order valence-electron chi connectivity index (χ0n) is 12.8. The van der Waals surface area contributed by atoms with Gasteiger partial charge in [-0.3, -0.25) is 0 Å². The highest BCUT2D eigenvalue weighted by molar-refractivity contribution is 6.31. The van der Waals surface area contributed by atoms with Gasteiger partial charge in [-0.2, -0.15) is 0 Å². The molecule has 0 aliphatic carbocycles. The first-order valence-electron chi connectivity index (χ1n) is 7.07. The van der Waals surface area contributed by atoms with Crippen LogP contribution in [0.5, 0.6) is 11.5 Å². The van der Waals surface area contributed by atoms with Crippen molar-refractivity contribution < 1.29 is 19.7 Å². The fourth-order valence-corrected chi connectivity index (χ4v) is 2.24. The van der Waals surface area contributed by atoms with Crippen LogP contribution in [0.15, 0.2) is 42.5 Å². The van der Waals surface area contributed by atoms with Crippen molar-refractivity contribution in [3.05, 3.63) is 58.6 Å². The quantitative estimate of drug-likeness (QED) is 0.626. The van der Waals surface area contributed by atoms with E-state index in [1.54, 1.807) is 30.3 Å². The first-order valence-corrected chi connectivity index (χ1v) is 7.45. The lowest BCUT2D eigenvalue weighted by Gasteiger charge is -2.13. The van der Waals surface area contributed by atoms with E-state index in [2.05, 4.69) is 0 Å². The van der Waals surface area contributed by atoms with E-state index in [0.717, 1.165) is 0 Å². The molecule has 2 rings (SSSR count). The van der Waals surface area contributed by atoms with Gasteiger partial charge < -0.3 is 14.9 Å². The summed E-state index contributed by atoms with van der Waals surface area (Å²) in [6, 6.07) is 11.0. The average molecular weight is 333 g/mol. The number of halogens is 1. The molecule has 0 radical (unpaired) electrons. The van der Waals surface area contributed by atoms with Crippen LogP contribution in [0.25, 0.3) is 11.6 Å². The Morgan fingerprint density at radius 3 is 2.39 bits per heavy atom. The third kappa shape index (κ3) is 4.50. The molecule has 0 aromatic heterocycles. The Hall–Kier alpha value is -2.46. The Labute approximate surface area is 139 Å². The zero-order chi connectivity index (χ0) is 17.0. The van der Waals surface area contributed by atoms with Crippen molar-refractivity contribution in [1.29, 1.82) is 0 Å². The molecule has 23 heavy (non-hydrogen) atoms. The average Bonchev–Trinajstić information content (AvgIpc) is 2.47. The lowest BCUT2D eigenvalue weighted by Crippen LogP contribution is -2.07. The van der Waals surface area contributed by atoms with Crippen molar-refractivity contribution in [3.8, 4) is 11.5 Å².